The maximum atomic E-state index is 10.3. The first-order valence-corrected chi connectivity index (χ1v) is 5.34. The highest BCUT2D eigenvalue weighted by atomic mass is 16.3. The van der Waals surface area contributed by atoms with E-state index in [1.165, 1.54) is 0 Å². The quantitative estimate of drug-likeness (QED) is 0.793. The number of aryl methyl sites for hydroxylation is 1. The molecule has 0 aromatic carbocycles. The van der Waals surface area contributed by atoms with E-state index in [0.717, 1.165) is 17.5 Å². The summed E-state index contributed by atoms with van der Waals surface area (Å²) in [6.07, 6.45) is 3.76. The molecule has 0 saturated carbocycles. The number of aliphatic hydroxyl groups excluding tert-OH is 1. The van der Waals surface area contributed by atoms with Gasteiger partial charge in [-0.3, -0.25) is 4.98 Å². The smallest absolute Gasteiger partial charge is 0.0872 e. The van der Waals surface area contributed by atoms with Crippen molar-refractivity contribution in [1.29, 1.82) is 0 Å². The Bertz CT molecular complexity index is 321. The molecule has 84 valence electrons. The summed E-state index contributed by atoms with van der Waals surface area (Å²) in [6.45, 7) is 6.50. The monoisotopic (exact) mass is 208 g/mol. The SMILES string of the molecule is CCC(C)(CN)C(O)c1cnccc1C. The largest absolute Gasteiger partial charge is 0.388 e. The fourth-order valence-corrected chi connectivity index (χ4v) is 1.59. The van der Waals surface area contributed by atoms with Crippen LogP contribution in [0, 0.1) is 12.3 Å². The Balaban J connectivity index is 3.03. The first-order chi connectivity index (χ1) is 7.05. The highest BCUT2D eigenvalue weighted by molar-refractivity contribution is 5.25. The van der Waals surface area contributed by atoms with Crippen LogP contribution in [0.4, 0.5) is 0 Å². The van der Waals surface area contributed by atoms with Crippen molar-refractivity contribution in [2.24, 2.45) is 11.1 Å². The second-order valence-corrected chi connectivity index (χ2v) is 4.35. The molecule has 0 spiro atoms. The number of aromatic nitrogens is 1. The summed E-state index contributed by atoms with van der Waals surface area (Å²) in [4.78, 5) is 4.05. The lowest BCUT2D eigenvalue weighted by Crippen LogP contribution is -2.33. The molecule has 0 fully saturated rings. The molecule has 1 aromatic rings. The van der Waals surface area contributed by atoms with Crippen LogP contribution in [0.3, 0.4) is 0 Å². The fraction of sp³-hybridized carbons (Fsp3) is 0.583. The van der Waals surface area contributed by atoms with Crippen molar-refractivity contribution in [1.82, 2.24) is 4.98 Å². The van der Waals surface area contributed by atoms with Gasteiger partial charge >= 0.3 is 0 Å². The molecule has 0 aliphatic heterocycles. The van der Waals surface area contributed by atoms with Gasteiger partial charge in [-0.05, 0) is 25.0 Å². The third-order valence-corrected chi connectivity index (χ3v) is 3.31. The van der Waals surface area contributed by atoms with Gasteiger partial charge in [0.25, 0.3) is 0 Å². The van der Waals surface area contributed by atoms with Gasteiger partial charge in [0.05, 0.1) is 6.10 Å². The van der Waals surface area contributed by atoms with Crippen LogP contribution in [0.1, 0.15) is 37.5 Å². The van der Waals surface area contributed by atoms with Crippen LogP contribution < -0.4 is 5.73 Å². The van der Waals surface area contributed by atoms with Crippen LogP contribution in [0.5, 0.6) is 0 Å². The van der Waals surface area contributed by atoms with Crippen LogP contribution in [0.15, 0.2) is 18.5 Å². The van der Waals surface area contributed by atoms with E-state index in [4.69, 9.17) is 5.73 Å². The molecule has 0 amide bonds. The van der Waals surface area contributed by atoms with E-state index < -0.39 is 6.10 Å². The number of pyridine rings is 1. The molecule has 15 heavy (non-hydrogen) atoms. The zero-order valence-electron chi connectivity index (χ0n) is 9.70. The van der Waals surface area contributed by atoms with Gasteiger partial charge in [0.1, 0.15) is 0 Å². The van der Waals surface area contributed by atoms with Crippen molar-refractivity contribution >= 4 is 0 Å². The minimum atomic E-state index is -0.541. The van der Waals surface area contributed by atoms with Crippen molar-refractivity contribution in [3.05, 3.63) is 29.6 Å². The van der Waals surface area contributed by atoms with Crippen LogP contribution in [-0.2, 0) is 0 Å². The minimum Gasteiger partial charge on any atom is -0.388 e. The van der Waals surface area contributed by atoms with Crippen LogP contribution >= 0.6 is 0 Å². The molecule has 1 rings (SSSR count). The van der Waals surface area contributed by atoms with Gasteiger partial charge in [0.2, 0.25) is 0 Å². The first kappa shape index (κ1) is 12.1. The van der Waals surface area contributed by atoms with Gasteiger partial charge in [-0.25, -0.2) is 0 Å². The third-order valence-electron chi connectivity index (χ3n) is 3.31. The standard InChI is InChI=1S/C12H20N2O/c1-4-12(3,8-13)11(15)10-7-14-6-5-9(10)2/h5-7,11,15H,4,8,13H2,1-3H3. The molecule has 0 aliphatic carbocycles. The number of hydrogen-bond acceptors (Lipinski definition) is 3. The molecule has 2 atom stereocenters. The average molecular weight is 208 g/mol. The molecule has 3 N–H and O–H groups in total. The predicted molar refractivity (Wildman–Crippen MR) is 61.4 cm³/mol. The van der Waals surface area contributed by atoms with Gasteiger partial charge in [-0.1, -0.05) is 13.8 Å². The highest BCUT2D eigenvalue weighted by Gasteiger charge is 2.31. The topological polar surface area (TPSA) is 59.1 Å². The molecule has 1 aromatic heterocycles. The number of aliphatic hydroxyl groups is 1. The van der Waals surface area contributed by atoms with Gasteiger partial charge < -0.3 is 10.8 Å². The minimum absolute atomic E-state index is 0.270. The van der Waals surface area contributed by atoms with Gasteiger partial charge in [-0.2, -0.15) is 0 Å². The molecule has 0 radical (unpaired) electrons. The van der Waals surface area contributed by atoms with E-state index in [1.54, 1.807) is 12.4 Å². The number of nitrogens with zero attached hydrogens (tertiary/aromatic N) is 1. The Morgan fingerprint density at radius 1 is 1.60 bits per heavy atom. The number of hydrogen-bond donors (Lipinski definition) is 2. The molecule has 3 nitrogen and oxygen atoms in total. The molecule has 0 bridgehead atoms. The van der Waals surface area contributed by atoms with E-state index in [0.29, 0.717) is 6.54 Å². The lowest BCUT2D eigenvalue weighted by Gasteiger charge is -2.33. The Labute approximate surface area is 91.3 Å². The van der Waals surface area contributed by atoms with Crippen molar-refractivity contribution in [3.63, 3.8) is 0 Å². The van der Waals surface area contributed by atoms with Gasteiger partial charge in [-0.15, -0.1) is 0 Å². The van der Waals surface area contributed by atoms with E-state index in [1.807, 2.05) is 26.8 Å². The molecule has 2 unspecified atom stereocenters. The zero-order chi connectivity index (χ0) is 11.5. The second kappa shape index (κ2) is 4.73. The van der Waals surface area contributed by atoms with Gasteiger partial charge in [0.15, 0.2) is 0 Å². The summed E-state index contributed by atoms with van der Waals surface area (Å²) in [5.74, 6) is 0. The second-order valence-electron chi connectivity index (χ2n) is 4.35. The van der Waals surface area contributed by atoms with Crippen molar-refractivity contribution in [2.45, 2.75) is 33.3 Å². The summed E-state index contributed by atoms with van der Waals surface area (Å²) in [6, 6.07) is 1.91. The van der Waals surface area contributed by atoms with E-state index in [-0.39, 0.29) is 5.41 Å². The lowest BCUT2D eigenvalue weighted by atomic mass is 9.78. The Morgan fingerprint density at radius 3 is 2.73 bits per heavy atom. The van der Waals surface area contributed by atoms with E-state index in [9.17, 15) is 5.11 Å². The summed E-state index contributed by atoms with van der Waals surface area (Å²) < 4.78 is 0. The lowest BCUT2D eigenvalue weighted by molar-refractivity contribution is 0.0384. The maximum absolute atomic E-state index is 10.3. The molecular weight excluding hydrogens is 188 g/mol. The first-order valence-electron chi connectivity index (χ1n) is 5.34. The summed E-state index contributed by atoms with van der Waals surface area (Å²) >= 11 is 0. The highest BCUT2D eigenvalue weighted by Crippen LogP contribution is 2.36. The van der Waals surface area contributed by atoms with Crippen LogP contribution in [-0.4, -0.2) is 16.6 Å². The van der Waals surface area contributed by atoms with Crippen molar-refractivity contribution in [2.75, 3.05) is 6.54 Å². The van der Waals surface area contributed by atoms with Gasteiger partial charge in [0, 0.05) is 29.9 Å². The van der Waals surface area contributed by atoms with Crippen molar-refractivity contribution < 1.29 is 5.11 Å². The van der Waals surface area contributed by atoms with E-state index >= 15 is 0 Å². The molecular formula is C12H20N2O. The predicted octanol–water partition coefficient (Wildman–Crippen LogP) is 1.80. The van der Waals surface area contributed by atoms with Crippen LogP contribution in [0.2, 0.25) is 0 Å². The molecule has 0 saturated heterocycles. The molecule has 1 heterocycles. The summed E-state index contributed by atoms with van der Waals surface area (Å²) in [5, 5.41) is 10.3. The Morgan fingerprint density at radius 2 is 2.27 bits per heavy atom. The Kier molecular flexibility index (Phi) is 3.83. The Hall–Kier alpha value is -0.930. The zero-order valence-corrected chi connectivity index (χ0v) is 9.70. The molecule has 3 heteroatoms. The fourth-order valence-electron chi connectivity index (χ4n) is 1.59. The average Bonchev–Trinajstić information content (AvgIpc) is 2.28. The summed E-state index contributed by atoms with van der Waals surface area (Å²) in [7, 11) is 0. The molecule has 0 aliphatic rings. The number of rotatable bonds is 4. The van der Waals surface area contributed by atoms with Crippen LogP contribution in [0.25, 0.3) is 0 Å². The number of nitrogens with two attached hydrogens (primary N) is 1. The summed E-state index contributed by atoms with van der Waals surface area (Å²) in [5.41, 5.74) is 7.40. The van der Waals surface area contributed by atoms with E-state index in [2.05, 4.69) is 4.98 Å². The third kappa shape index (κ3) is 2.36. The van der Waals surface area contributed by atoms with Crippen molar-refractivity contribution in [3.8, 4) is 0 Å². The normalized spacial score (nSPS) is 17.1. The maximum Gasteiger partial charge on any atom is 0.0872 e.